The van der Waals surface area contributed by atoms with Gasteiger partial charge in [-0.3, -0.25) is 9.89 Å². The highest BCUT2D eigenvalue weighted by Gasteiger charge is 2.19. The van der Waals surface area contributed by atoms with Crippen molar-refractivity contribution in [2.75, 3.05) is 0 Å². The van der Waals surface area contributed by atoms with Gasteiger partial charge in [-0.2, -0.15) is 5.10 Å². The Kier molecular flexibility index (Phi) is 7.41. The van der Waals surface area contributed by atoms with Gasteiger partial charge in [0, 0.05) is 21.9 Å². The molecular formula is C23H26Cl2N4OS. The molecule has 1 saturated carbocycles. The quantitative estimate of drug-likeness (QED) is 0.303. The largest absolute Gasteiger partial charge is 0.301 e. The Balaban J connectivity index is 1.50. The molecule has 3 aromatic rings. The van der Waals surface area contributed by atoms with Crippen LogP contribution >= 0.6 is 35.0 Å². The summed E-state index contributed by atoms with van der Waals surface area (Å²) < 4.78 is 0. The van der Waals surface area contributed by atoms with Gasteiger partial charge < -0.3 is 4.98 Å². The number of rotatable bonds is 7. The molecule has 0 amide bonds. The lowest BCUT2D eigenvalue weighted by Gasteiger charge is -2.22. The molecule has 0 unspecified atom stereocenters. The minimum atomic E-state index is -0.0270. The highest BCUT2D eigenvalue weighted by molar-refractivity contribution is 7.98. The number of nitrogens with one attached hydrogen (secondary N) is 2. The normalized spacial score (nSPS) is 14.8. The first-order valence-electron chi connectivity index (χ1n) is 10.8. The standard InChI is InChI=1S/C23H26Cl2N4OS/c1-2-17-18(12-14-6-4-3-5-7-14)26-23(27-22(17)30)31-13-19-20(25)21(29-28-19)15-8-10-16(24)11-9-15/h8-11,14H,2-7,12-13H2,1H3,(H,28,29)(H,26,27,30). The van der Waals surface area contributed by atoms with Gasteiger partial charge in [0.1, 0.15) is 0 Å². The Morgan fingerprint density at radius 3 is 2.55 bits per heavy atom. The molecule has 0 radical (unpaired) electrons. The Hall–Kier alpha value is -1.76. The lowest BCUT2D eigenvalue weighted by Crippen LogP contribution is -2.21. The van der Waals surface area contributed by atoms with Crippen LogP contribution in [0.5, 0.6) is 0 Å². The van der Waals surface area contributed by atoms with Gasteiger partial charge in [0.15, 0.2) is 5.16 Å². The fourth-order valence-electron chi connectivity index (χ4n) is 4.19. The van der Waals surface area contributed by atoms with Crippen molar-refractivity contribution >= 4 is 35.0 Å². The predicted molar refractivity (Wildman–Crippen MR) is 128 cm³/mol. The molecule has 2 aromatic heterocycles. The summed E-state index contributed by atoms with van der Waals surface area (Å²) in [6.07, 6.45) is 7.95. The molecule has 0 aliphatic heterocycles. The second-order valence-electron chi connectivity index (χ2n) is 8.01. The molecule has 0 spiro atoms. The molecule has 5 nitrogen and oxygen atoms in total. The van der Waals surface area contributed by atoms with Gasteiger partial charge in [0.2, 0.25) is 0 Å². The van der Waals surface area contributed by atoms with Gasteiger partial charge in [-0.1, -0.05) is 86.1 Å². The zero-order valence-electron chi connectivity index (χ0n) is 17.5. The highest BCUT2D eigenvalue weighted by atomic mass is 35.5. The summed E-state index contributed by atoms with van der Waals surface area (Å²) >= 11 is 14.0. The number of thioether (sulfide) groups is 1. The maximum Gasteiger partial charge on any atom is 0.254 e. The molecule has 0 atom stereocenters. The Morgan fingerprint density at radius 2 is 1.84 bits per heavy atom. The lowest BCUT2D eigenvalue weighted by molar-refractivity contribution is 0.352. The zero-order valence-corrected chi connectivity index (χ0v) is 19.8. The van der Waals surface area contributed by atoms with Crippen LogP contribution in [0.3, 0.4) is 0 Å². The first kappa shape index (κ1) is 22.4. The molecule has 1 aliphatic carbocycles. The number of halogens is 2. The van der Waals surface area contributed by atoms with Crippen molar-refractivity contribution in [1.82, 2.24) is 20.2 Å². The van der Waals surface area contributed by atoms with Gasteiger partial charge in [-0.25, -0.2) is 4.98 Å². The van der Waals surface area contributed by atoms with E-state index in [2.05, 4.69) is 15.2 Å². The molecule has 8 heteroatoms. The lowest BCUT2D eigenvalue weighted by atomic mass is 9.85. The molecule has 1 fully saturated rings. The van der Waals surface area contributed by atoms with Crippen LogP contribution in [0, 0.1) is 5.92 Å². The van der Waals surface area contributed by atoms with E-state index in [1.807, 2.05) is 31.2 Å². The van der Waals surface area contributed by atoms with E-state index in [1.54, 1.807) is 0 Å². The van der Waals surface area contributed by atoms with E-state index in [-0.39, 0.29) is 5.56 Å². The van der Waals surface area contributed by atoms with Crippen LogP contribution in [-0.4, -0.2) is 20.2 Å². The van der Waals surface area contributed by atoms with Crippen LogP contribution in [0.15, 0.2) is 34.2 Å². The summed E-state index contributed by atoms with van der Waals surface area (Å²) in [7, 11) is 0. The zero-order chi connectivity index (χ0) is 21.8. The second-order valence-corrected chi connectivity index (χ2v) is 9.79. The van der Waals surface area contributed by atoms with E-state index < -0.39 is 0 Å². The number of hydrogen-bond donors (Lipinski definition) is 2. The molecule has 31 heavy (non-hydrogen) atoms. The summed E-state index contributed by atoms with van der Waals surface area (Å²) in [5, 5.41) is 9.25. The van der Waals surface area contributed by atoms with E-state index in [9.17, 15) is 4.79 Å². The van der Waals surface area contributed by atoms with Gasteiger partial charge in [0.05, 0.1) is 22.1 Å². The fraction of sp³-hybridized carbons (Fsp3) is 0.435. The van der Waals surface area contributed by atoms with Gasteiger partial charge in [-0.15, -0.1) is 0 Å². The number of H-pyrrole nitrogens is 2. The van der Waals surface area contributed by atoms with Crippen molar-refractivity contribution in [1.29, 1.82) is 0 Å². The molecule has 0 bridgehead atoms. The molecular weight excluding hydrogens is 451 g/mol. The molecule has 4 rings (SSSR count). The van der Waals surface area contributed by atoms with E-state index in [1.165, 1.54) is 43.9 Å². The second kappa shape index (κ2) is 10.2. The van der Waals surface area contributed by atoms with Crippen molar-refractivity contribution < 1.29 is 0 Å². The van der Waals surface area contributed by atoms with E-state index in [0.717, 1.165) is 34.6 Å². The van der Waals surface area contributed by atoms with Crippen LogP contribution in [0.1, 0.15) is 56.0 Å². The average molecular weight is 477 g/mol. The van der Waals surface area contributed by atoms with Crippen LogP contribution in [0.25, 0.3) is 11.3 Å². The number of hydrogen-bond acceptors (Lipinski definition) is 4. The SMILES string of the molecule is CCc1c(CC2CCCCC2)nc(SCc2n[nH]c(-c3ccc(Cl)cc3)c2Cl)[nH]c1=O. The molecule has 1 aromatic carbocycles. The number of benzene rings is 1. The van der Waals surface area contributed by atoms with Crippen molar-refractivity contribution in [2.45, 2.75) is 62.8 Å². The molecule has 1 aliphatic rings. The topological polar surface area (TPSA) is 74.4 Å². The van der Waals surface area contributed by atoms with Crippen LogP contribution in [0.2, 0.25) is 10.0 Å². The van der Waals surface area contributed by atoms with Gasteiger partial charge in [-0.05, 0) is 30.9 Å². The van der Waals surface area contributed by atoms with Gasteiger partial charge in [0.25, 0.3) is 5.56 Å². The number of nitrogens with zero attached hydrogens (tertiary/aromatic N) is 2. The first-order chi connectivity index (χ1) is 15.0. The smallest absolute Gasteiger partial charge is 0.254 e. The Labute approximate surface area is 196 Å². The third-order valence-corrected chi connectivity index (χ3v) is 7.44. The number of aromatic nitrogens is 4. The highest BCUT2D eigenvalue weighted by Crippen LogP contribution is 2.32. The molecule has 0 saturated heterocycles. The maximum absolute atomic E-state index is 12.7. The Bertz CT molecular complexity index is 1090. The average Bonchev–Trinajstić information content (AvgIpc) is 3.14. The first-order valence-corrected chi connectivity index (χ1v) is 12.5. The fourth-order valence-corrected chi connectivity index (χ4v) is 5.48. The monoisotopic (exact) mass is 476 g/mol. The van der Waals surface area contributed by atoms with Crippen molar-refractivity contribution in [3.8, 4) is 11.3 Å². The van der Waals surface area contributed by atoms with E-state index >= 15 is 0 Å². The van der Waals surface area contributed by atoms with E-state index in [0.29, 0.717) is 33.3 Å². The van der Waals surface area contributed by atoms with E-state index in [4.69, 9.17) is 28.2 Å². The Morgan fingerprint density at radius 1 is 1.10 bits per heavy atom. The predicted octanol–water partition coefficient (Wildman–Crippen LogP) is 6.44. The third-order valence-electron chi connectivity index (χ3n) is 5.89. The molecule has 2 heterocycles. The molecule has 164 valence electrons. The summed E-state index contributed by atoms with van der Waals surface area (Å²) in [5.41, 5.74) is 4.16. The number of aromatic amines is 2. The van der Waals surface area contributed by atoms with Crippen molar-refractivity contribution in [2.24, 2.45) is 5.92 Å². The third kappa shape index (κ3) is 5.36. The van der Waals surface area contributed by atoms with Crippen LogP contribution in [-0.2, 0) is 18.6 Å². The summed E-state index contributed by atoms with van der Waals surface area (Å²) in [6, 6.07) is 7.44. The van der Waals surface area contributed by atoms with Crippen LogP contribution < -0.4 is 5.56 Å². The van der Waals surface area contributed by atoms with Crippen molar-refractivity contribution in [3.63, 3.8) is 0 Å². The van der Waals surface area contributed by atoms with Crippen molar-refractivity contribution in [3.05, 3.63) is 61.6 Å². The summed E-state index contributed by atoms with van der Waals surface area (Å²) in [6.45, 7) is 2.02. The minimum Gasteiger partial charge on any atom is -0.301 e. The van der Waals surface area contributed by atoms with Crippen LogP contribution in [0.4, 0.5) is 0 Å². The maximum atomic E-state index is 12.7. The summed E-state index contributed by atoms with van der Waals surface area (Å²) in [4.78, 5) is 20.4. The molecule has 2 N–H and O–H groups in total. The minimum absolute atomic E-state index is 0.0270. The van der Waals surface area contributed by atoms with Gasteiger partial charge >= 0.3 is 0 Å². The summed E-state index contributed by atoms with van der Waals surface area (Å²) in [5.74, 6) is 1.15.